The first kappa shape index (κ1) is 29.0. The molecule has 11 rings (SSSR count). The maximum absolute atomic E-state index is 5.46. The highest BCUT2D eigenvalue weighted by atomic mass is 15.2. The van der Waals surface area contributed by atoms with Crippen molar-refractivity contribution in [3.05, 3.63) is 199 Å². The lowest BCUT2D eigenvalue weighted by molar-refractivity contribution is 0.650. The molecule has 0 amide bonds. The third-order valence-corrected chi connectivity index (χ3v) is 10.9. The molecule has 4 nitrogen and oxygen atoms in total. The van der Waals surface area contributed by atoms with Gasteiger partial charge in [-0.1, -0.05) is 140 Å². The second kappa shape index (κ2) is 11.4. The van der Waals surface area contributed by atoms with Gasteiger partial charge in [-0.05, 0) is 64.7 Å². The average molecular weight is 665 g/mol. The van der Waals surface area contributed by atoms with E-state index in [1.807, 2.05) is 12.1 Å². The van der Waals surface area contributed by atoms with Gasteiger partial charge in [0.05, 0.1) is 27.8 Å². The van der Waals surface area contributed by atoms with Crippen molar-refractivity contribution in [2.45, 2.75) is 5.92 Å². The number of allylic oxidation sites excluding steroid dienone is 8. The van der Waals surface area contributed by atoms with Crippen LogP contribution >= 0.6 is 0 Å². The second-order valence-electron chi connectivity index (χ2n) is 13.8. The van der Waals surface area contributed by atoms with Gasteiger partial charge in [0.25, 0.3) is 0 Å². The van der Waals surface area contributed by atoms with Gasteiger partial charge in [0.15, 0.2) is 5.82 Å². The molecule has 1 aliphatic heterocycles. The fraction of sp³-hybridized carbons (Fsp3) is 0.0417. The number of hydrogen-bond donors (Lipinski definition) is 0. The summed E-state index contributed by atoms with van der Waals surface area (Å²) in [5.41, 5.74) is 14.5. The number of benzene rings is 6. The Hall–Kier alpha value is -6.78. The van der Waals surface area contributed by atoms with Crippen molar-refractivity contribution in [2.75, 3.05) is 4.90 Å². The van der Waals surface area contributed by atoms with Crippen molar-refractivity contribution in [1.82, 2.24) is 14.5 Å². The van der Waals surface area contributed by atoms with Gasteiger partial charge in [0.2, 0.25) is 0 Å². The third kappa shape index (κ3) is 4.34. The zero-order valence-electron chi connectivity index (χ0n) is 28.3. The SMILES string of the molecule is C1=CC2=CC=C3C(c4ccc(-n5c6ccccc6c6ccccc65)cc4N3c3nc4ccccc4nc3-c3ccc(-c4ccccc4)cc3)C2C=C1. The fourth-order valence-electron chi connectivity index (χ4n) is 8.57. The fourth-order valence-corrected chi connectivity index (χ4v) is 8.57. The highest BCUT2D eigenvalue weighted by Gasteiger charge is 2.43. The lowest BCUT2D eigenvalue weighted by Gasteiger charge is -2.31. The van der Waals surface area contributed by atoms with Gasteiger partial charge in [-0.3, -0.25) is 4.90 Å². The standard InChI is InChI=1S/C48H32N4/c1-2-12-31(13-3-1)32-22-24-34(25-23-32)47-48(50-41-19-9-8-18-40(41)49-47)52-44-29-26-33-14-4-5-15-36(33)46(44)39-28-27-35(30-45(39)52)51-42-20-10-6-16-37(42)38-17-7-11-21-43(38)51/h1-30,36,46H. The molecule has 2 unspecified atom stereocenters. The highest BCUT2D eigenvalue weighted by molar-refractivity contribution is 6.09. The highest BCUT2D eigenvalue weighted by Crippen LogP contribution is 2.56. The number of anilines is 2. The normalized spacial score (nSPS) is 17.3. The molecule has 4 heteroatoms. The second-order valence-corrected chi connectivity index (χ2v) is 13.8. The summed E-state index contributed by atoms with van der Waals surface area (Å²) in [4.78, 5) is 13.2. The maximum Gasteiger partial charge on any atom is 0.164 e. The number of fused-ring (bicyclic) bond motifs is 9. The molecule has 52 heavy (non-hydrogen) atoms. The Bertz CT molecular complexity index is 2800. The van der Waals surface area contributed by atoms with Crippen LogP contribution in [0.5, 0.6) is 0 Å². The lowest BCUT2D eigenvalue weighted by atomic mass is 9.76. The van der Waals surface area contributed by atoms with Gasteiger partial charge in [0, 0.05) is 39.6 Å². The predicted molar refractivity (Wildman–Crippen MR) is 214 cm³/mol. The van der Waals surface area contributed by atoms with E-state index in [0.29, 0.717) is 0 Å². The van der Waals surface area contributed by atoms with Crippen molar-refractivity contribution in [3.63, 3.8) is 0 Å². The van der Waals surface area contributed by atoms with Crippen LogP contribution in [0.4, 0.5) is 11.5 Å². The summed E-state index contributed by atoms with van der Waals surface area (Å²) in [6.45, 7) is 0. The molecule has 3 aliphatic rings. The molecule has 0 spiro atoms. The summed E-state index contributed by atoms with van der Waals surface area (Å²) in [5, 5.41) is 2.50. The molecule has 2 aliphatic carbocycles. The van der Waals surface area contributed by atoms with Gasteiger partial charge < -0.3 is 4.57 Å². The molecule has 8 aromatic rings. The molecule has 0 N–H and O–H groups in total. The Kier molecular flexibility index (Phi) is 6.34. The molecule has 3 heterocycles. The summed E-state index contributed by atoms with van der Waals surface area (Å²) in [5.74, 6) is 1.22. The Labute approximate surface area is 301 Å². The zero-order valence-corrected chi connectivity index (χ0v) is 28.3. The number of nitrogens with zero attached hydrogens (tertiary/aromatic N) is 4. The van der Waals surface area contributed by atoms with Crippen LogP contribution in [-0.4, -0.2) is 14.5 Å². The lowest BCUT2D eigenvalue weighted by Crippen LogP contribution is -2.23. The van der Waals surface area contributed by atoms with Crippen LogP contribution in [0.3, 0.4) is 0 Å². The number of para-hydroxylation sites is 4. The molecule has 2 aromatic heterocycles. The van der Waals surface area contributed by atoms with Crippen molar-refractivity contribution in [2.24, 2.45) is 5.92 Å². The van der Waals surface area contributed by atoms with Gasteiger partial charge in [0.1, 0.15) is 5.69 Å². The van der Waals surface area contributed by atoms with E-state index in [9.17, 15) is 0 Å². The summed E-state index contributed by atoms with van der Waals surface area (Å²) in [6, 6.07) is 52.0. The van der Waals surface area contributed by atoms with Crippen LogP contribution in [0.25, 0.3) is 60.9 Å². The smallest absolute Gasteiger partial charge is 0.164 e. The van der Waals surface area contributed by atoms with E-state index in [0.717, 1.165) is 39.5 Å². The van der Waals surface area contributed by atoms with Crippen molar-refractivity contribution < 1.29 is 0 Å². The zero-order chi connectivity index (χ0) is 34.2. The first-order valence-electron chi connectivity index (χ1n) is 17.9. The quantitative estimate of drug-likeness (QED) is 0.188. The summed E-state index contributed by atoms with van der Waals surface area (Å²) in [6.07, 6.45) is 13.5. The topological polar surface area (TPSA) is 34.0 Å². The first-order chi connectivity index (χ1) is 25.8. The first-order valence-corrected chi connectivity index (χ1v) is 17.9. The summed E-state index contributed by atoms with van der Waals surface area (Å²) in [7, 11) is 0. The molecule has 0 radical (unpaired) electrons. The van der Waals surface area contributed by atoms with Gasteiger partial charge in [-0.2, -0.15) is 0 Å². The van der Waals surface area contributed by atoms with E-state index in [1.165, 1.54) is 49.8 Å². The molecule has 6 aromatic carbocycles. The van der Waals surface area contributed by atoms with Crippen LogP contribution in [0.2, 0.25) is 0 Å². The van der Waals surface area contributed by atoms with Gasteiger partial charge >= 0.3 is 0 Å². The number of rotatable bonds is 4. The largest absolute Gasteiger partial charge is 0.309 e. The van der Waals surface area contributed by atoms with E-state index in [-0.39, 0.29) is 11.8 Å². The van der Waals surface area contributed by atoms with Crippen LogP contribution in [-0.2, 0) is 0 Å². The minimum atomic E-state index is 0.143. The van der Waals surface area contributed by atoms with E-state index >= 15 is 0 Å². The van der Waals surface area contributed by atoms with Crippen molar-refractivity contribution in [3.8, 4) is 28.1 Å². The molecular weight excluding hydrogens is 633 g/mol. The molecular formula is C48H32N4. The molecule has 0 saturated carbocycles. The van der Waals surface area contributed by atoms with Crippen LogP contribution in [0.15, 0.2) is 193 Å². The Morgan fingerprint density at radius 1 is 0.538 bits per heavy atom. The van der Waals surface area contributed by atoms with Crippen LogP contribution in [0, 0.1) is 5.92 Å². The summed E-state index contributed by atoms with van der Waals surface area (Å²) < 4.78 is 2.40. The Morgan fingerprint density at radius 3 is 1.96 bits per heavy atom. The predicted octanol–water partition coefficient (Wildman–Crippen LogP) is 11.9. The third-order valence-electron chi connectivity index (χ3n) is 10.9. The monoisotopic (exact) mass is 664 g/mol. The minimum absolute atomic E-state index is 0.143. The van der Waals surface area contributed by atoms with E-state index in [4.69, 9.17) is 9.97 Å². The van der Waals surface area contributed by atoms with Crippen molar-refractivity contribution in [1.29, 1.82) is 0 Å². The van der Waals surface area contributed by atoms with E-state index in [2.05, 4.69) is 179 Å². The molecule has 244 valence electrons. The number of aromatic nitrogens is 3. The molecule has 2 atom stereocenters. The molecule has 0 fully saturated rings. The van der Waals surface area contributed by atoms with E-state index in [1.54, 1.807) is 0 Å². The maximum atomic E-state index is 5.46. The van der Waals surface area contributed by atoms with Gasteiger partial charge in [-0.15, -0.1) is 0 Å². The minimum Gasteiger partial charge on any atom is -0.309 e. The molecule has 0 saturated heterocycles. The van der Waals surface area contributed by atoms with Gasteiger partial charge in [-0.25, -0.2) is 9.97 Å². The van der Waals surface area contributed by atoms with E-state index < -0.39 is 0 Å². The number of hydrogen-bond acceptors (Lipinski definition) is 3. The molecule has 0 bridgehead atoms. The van der Waals surface area contributed by atoms with Crippen LogP contribution in [0.1, 0.15) is 11.5 Å². The Balaban J connectivity index is 1.16. The average Bonchev–Trinajstić information content (AvgIpc) is 3.73. The van der Waals surface area contributed by atoms with Crippen molar-refractivity contribution >= 4 is 44.3 Å². The van der Waals surface area contributed by atoms with Crippen LogP contribution < -0.4 is 4.90 Å². The Morgan fingerprint density at radius 2 is 1.19 bits per heavy atom. The summed E-state index contributed by atoms with van der Waals surface area (Å²) >= 11 is 0.